The molecule has 8 heteroatoms. The van der Waals surface area contributed by atoms with Gasteiger partial charge in [0, 0.05) is 6.20 Å². The smallest absolute Gasteiger partial charge is 0.285 e. The van der Waals surface area contributed by atoms with Crippen LogP contribution in [0.15, 0.2) is 42.6 Å². The van der Waals surface area contributed by atoms with Gasteiger partial charge in [0.1, 0.15) is 19.3 Å². The predicted molar refractivity (Wildman–Crippen MR) is 106 cm³/mol. The molecule has 2 aromatic rings. The number of rotatable bonds is 7. The Labute approximate surface area is 162 Å². The molecule has 1 saturated heterocycles. The zero-order valence-corrected chi connectivity index (χ0v) is 16.0. The van der Waals surface area contributed by atoms with Crippen molar-refractivity contribution in [2.75, 3.05) is 6.61 Å². The predicted octanol–water partition coefficient (Wildman–Crippen LogP) is 1.76. The number of pyridine rings is 1. The number of ether oxygens (including phenoxy) is 1. The Kier molecular flexibility index (Phi) is 5.65. The largest absolute Gasteiger partial charge is 0.485 e. The minimum absolute atomic E-state index is 0.0949. The summed E-state index contributed by atoms with van der Waals surface area (Å²) in [5.74, 6) is 0.0961. The first kappa shape index (κ1) is 19.2. The topological polar surface area (TPSA) is 85.4 Å². The molecule has 1 aromatic heterocycles. The molecule has 1 aliphatic rings. The van der Waals surface area contributed by atoms with Gasteiger partial charge < -0.3 is 4.74 Å². The fourth-order valence-corrected chi connectivity index (χ4v) is 3.67. The van der Waals surface area contributed by atoms with Gasteiger partial charge in [0.15, 0.2) is 6.61 Å². The normalized spacial score (nSPS) is 19.0. The summed E-state index contributed by atoms with van der Waals surface area (Å²) in [6.07, 6.45) is 3.00. The number of Topliss-reactive ketones (excluding diaryl/α,β-unsaturated/α-hetero) is 1. The number of aryl methyl sites for hydroxylation is 1. The van der Waals surface area contributed by atoms with Crippen molar-refractivity contribution in [1.29, 1.82) is 0 Å². The summed E-state index contributed by atoms with van der Waals surface area (Å²) >= 11 is 1.01. The number of nitrogens with one attached hydrogen (secondary N) is 1. The number of carbonyl (C=O) groups is 3. The molecule has 0 unspecified atom stereocenters. The molecule has 0 saturated carbocycles. The summed E-state index contributed by atoms with van der Waals surface area (Å²) in [6, 6.07) is 10.8. The highest BCUT2D eigenvalue weighted by Crippen LogP contribution is 2.32. The van der Waals surface area contributed by atoms with Crippen molar-refractivity contribution in [2.45, 2.75) is 24.4 Å². The molecular formula is C19H19BN2O4S. The molecule has 1 atom stereocenters. The van der Waals surface area contributed by atoms with Gasteiger partial charge in [-0.15, -0.1) is 0 Å². The first-order valence-electron chi connectivity index (χ1n) is 8.64. The van der Waals surface area contributed by atoms with E-state index in [1.54, 1.807) is 32.2 Å². The van der Waals surface area contributed by atoms with E-state index in [0.717, 1.165) is 29.3 Å². The Balaban J connectivity index is 1.56. The van der Waals surface area contributed by atoms with Gasteiger partial charge in [-0.05, 0) is 42.2 Å². The Hall–Kier alpha value is -2.61. The number of aromatic nitrogens is 1. The summed E-state index contributed by atoms with van der Waals surface area (Å²) in [7, 11) is 1.75. The van der Waals surface area contributed by atoms with E-state index in [-0.39, 0.29) is 23.5 Å². The van der Waals surface area contributed by atoms with E-state index in [1.807, 2.05) is 25.1 Å². The summed E-state index contributed by atoms with van der Waals surface area (Å²) < 4.78 is 4.74. The van der Waals surface area contributed by atoms with Crippen molar-refractivity contribution >= 4 is 36.5 Å². The number of imide groups is 1. The molecule has 1 aliphatic heterocycles. The van der Waals surface area contributed by atoms with E-state index in [4.69, 9.17) is 4.74 Å². The molecule has 3 rings (SSSR count). The van der Waals surface area contributed by atoms with Gasteiger partial charge in [-0.1, -0.05) is 36.9 Å². The maximum absolute atomic E-state index is 12.2. The number of hydrogen-bond donors (Lipinski definition) is 1. The average Bonchev–Trinajstić information content (AvgIpc) is 2.92. The zero-order chi connectivity index (χ0) is 19.4. The van der Waals surface area contributed by atoms with Crippen LogP contribution in [0.4, 0.5) is 4.79 Å². The molecule has 1 fully saturated rings. The van der Waals surface area contributed by atoms with Crippen molar-refractivity contribution in [3.8, 4) is 5.75 Å². The van der Waals surface area contributed by atoms with Gasteiger partial charge >= 0.3 is 0 Å². The summed E-state index contributed by atoms with van der Waals surface area (Å²) in [5, 5.41) is 1.99. The monoisotopic (exact) mass is 382 g/mol. The third kappa shape index (κ3) is 4.57. The highest BCUT2D eigenvalue weighted by atomic mass is 32.2. The van der Waals surface area contributed by atoms with Crippen molar-refractivity contribution in [2.24, 2.45) is 0 Å². The molecule has 6 nitrogen and oxygen atoms in total. The highest BCUT2D eigenvalue weighted by Gasteiger charge is 2.43. The number of amides is 2. The molecule has 0 radical (unpaired) electrons. The molecule has 0 spiro atoms. The second-order valence-electron chi connectivity index (χ2n) is 6.51. The van der Waals surface area contributed by atoms with Crippen LogP contribution in [0.2, 0.25) is 0 Å². The highest BCUT2D eigenvalue weighted by molar-refractivity contribution is 8.17. The molecule has 27 heavy (non-hydrogen) atoms. The van der Waals surface area contributed by atoms with Gasteiger partial charge in [-0.3, -0.25) is 24.7 Å². The lowest BCUT2D eigenvalue weighted by molar-refractivity contribution is -0.119. The second-order valence-corrected chi connectivity index (χ2v) is 7.99. The number of ketones is 1. The van der Waals surface area contributed by atoms with Gasteiger partial charge in [-0.2, -0.15) is 0 Å². The summed E-state index contributed by atoms with van der Waals surface area (Å²) in [4.78, 5) is 39.6. The van der Waals surface area contributed by atoms with Crippen LogP contribution < -0.4 is 10.1 Å². The lowest BCUT2D eigenvalue weighted by Crippen LogP contribution is -2.38. The van der Waals surface area contributed by atoms with Gasteiger partial charge in [0.2, 0.25) is 11.7 Å². The third-order valence-corrected chi connectivity index (χ3v) is 5.43. The number of thioether (sulfide) groups is 1. The Morgan fingerprint density at radius 2 is 1.89 bits per heavy atom. The van der Waals surface area contributed by atoms with Crippen LogP contribution in [0.25, 0.3) is 0 Å². The number of hydrogen-bond acceptors (Lipinski definition) is 6. The third-order valence-electron chi connectivity index (χ3n) is 4.37. The second kappa shape index (κ2) is 7.96. The van der Waals surface area contributed by atoms with Crippen LogP contribution in [0.5, 0.6) is 5.75 Å². The van der Waals surface area contributed by atoms with Gasteiger partial charge in [-0.25, -0.2) is 0 Å². The number of carbonyl (C=O) groups excluding carboxylic acids is 3. The fraction of sp³-hybridized carbons (Fsp3) is 0.263. The quantitative estimate of drug-likeness (QED) is 0.580. The van der Waals surface area contributed by atoms with Crippen LogP contribution in [0, 0.1) is 0 Å². The molecule has 0 bridgehead atoms. The standard InChI is InChI=1S/C19H19BN2O4S/c1-2-12-5-8-15(21-10-12)16(23)11-26-14-6-3-13(4-7-14)9-19(20)17(24)22-18(25)27-19/h3-8,10H,2,9,11,20H2,1H3,(H,22,24,25)/t19-/m0/s1. The van der Waals surface area contributed by atoms with Crippen LogP contribution in [0.1, 0.15) is 28.5 Å². The van der Waals surface area contributed by atoms with Crippen LogP contribution in [0.3, 0.4) is 0 Å². The molecule has 0 aliphatic carbocycles. The van der Waals surface area contributed by atoms with Crippen molar-refractivity contribution in [3.05, 3.63) is 59.4 Å². The summed E-state index contributed by atoms with van der Waals surface area (Å²) in [6.45, 7) is 1.93. The van der Waals surface area contributed by atoms with E-state index in [9.17, 15) is 14.4 Å². The van der Waals surface area contributed by atoms with E-state index < -0.39 is 4.65 Å². The Bertz CT molecular complexity index is 870. The molecule has 138 valence electrons. The average molecular weight is 382 g/mol. The van der Waals surface area contributed by atoms with Crippen molar-refractivity contribution in [1.82, 2.24) is 10.3 Å². The lowest BCUT2D eigenvalue weighted by atomic mass is 9.80. The summed E-state index contributed by atoms with van der Waals surface area (Å²) in [5.41, 5.74) is 2.36. The lowest BCUT2D eigenvalue weighted by Gasteiger charge is -2.18. The minimum Gasteiger partial charge on any atom is -0.485 e. The van der Waals surface area contributed by atoms with Gasteiger partial charge in [0.05, 0.1) is 4.65 Å². The van der Waals surface area contributed by atoms with Crippen LogP contribution in [-0.2, 0) is 17.6 Å². The molecule has 1 aromatic carbocycles. The number of benzene rings is 1. The molecule has 1 N–H and O–H groups in total. The SMILES string of the molecule is B[C@@]1(Cc2ccc(OCC(=O)c3ccc(CC)cn3)cc2)SC(=O)NC1=O. The zero-order valence-electron chi connectivity index (χ0n) is 15.2. The molecule has 2 heterocycles. The van der Waals surface area contributed by atoms with E-state index >= 15 is 0 Å². The number of nitrogens with zero attached hydrogens (tertiary/aromatic N) is 1. The first-order valence-corrected chi connectivity index (χ1v) is 9.45. The maximum atomic E-state index is 12.2. The van der Waals surface area contributed by atoms with Gasteiger partial charge in [0.25, 0.3) is 5.24 Å². The Morgan fingerprint density at radius 3 is 2.44 bits per heavy atom. The van der Waals surface area contributed by atoms with Crippen LogP contribution >= 0.6 is 11.8 Å². The molecule has 2 amide bonds. The molecular weight excluding hydrogens is 363 g/mol. The van der Waals surface area contributed by atoms with E-state index in [1.165, 1.54) is 0 Å². The van der Waals surface area contributed by atoms with Crippen LogP contribution in [-0.4, -0.2) is 41.0 Å². The van der Waals surface area contributed by atoms with Crippen molar-refractivity contribution in [3.63, 3.8) is 0 Å². The minimum atomic E-state index is -0.800. The Morgan fingerprint density at radius 1 is 1.19 bits per heavy atom. The first-order chi connectivity index (χ1) is 12.9. The van der Waals surface area contributed by atoms with E-state index in [0.29, 0.717) is 17.9 Å². The fourth-order valence-electron chi connectivity index (χ4n) is 2.73. The van der Waals surface area contributed by atoms with Crippen molar-refractivity contribution < 1.29 is 19.1 Å². The van der Waals surface area contributed by atoms with E-state index in [2.05, 4.69) is 10.3 Å². The maximum Gasteiger partial charge on any atom is 0.285 e.